The van der Waals surface area contributed by atoms with E-state index in [-0.39, 0.29) is 16.4 Å². The van der Waals surface area contributed by atoms with Crippen molar-refractivity contribution in [3.8, 4) is 0 Å². The number of hydrogen-bond donors (Lipinski definition) is 1. The number of nitrogens with one attached hydrogen (secondary N) is 1. The molecular formula is C27H26N2O3S. The van der Waals surface area contributed by atoms with Gasteiger partial charge >= 0.3 is 0 Å². The van der Waals surface area contributed by atoms with Gasteiger partial charge < -0.3 is 5.32 Å². The lowest BCUT2D eigenvalue weighted by Gasteiger charge is -2.21. The molecule has 0 aromatic heterocycles. The Kier molecular flexibility index (Phi) is 5.80. The number of nitrogens with zero attached hydrogens (tertiary/aromatic N) is 1. The Morgan fingerprint density at radius 3 is 2.00 bits per heavy atom. The van der Waals surface area contributed by atoms with Gasteiger partial charge in [-0.3, -0.25) is 4.79 Å². The first-order valence-electron chi connectivity index (χ1n) is 10.7. The summed E-state index contributed by atoms with van der Waals surface area (Å²) < 4.78 is 30.6. The van der Waals surface area contributed by atoms with Gasteiger partial charge in [-0.15, -0.1) is 0 Å². The monoisotopic (exact) mass is 458 g/mol. The van der Waals surface area contributed by atoms with Crippen LogP contribution in [-0.4, -0.2) is 19.9 Å². The highest BCUT2D eigenvalue weighted by molar-refractivity contribution is 7.90. The molecule has 4 rings (SSSR count). The fraction of sp³-hybridized carbons (Fsp3) is 0.185. The fourth-order valence-corrected chi connectivity index (χ4v) is 5.49. The van der Waals surface area contributed by atoms with Gasteiger partial charge in [-0.2, -0.15) is 12.8 Å². The summed E-state index contributed by atoms with van der Waals surface area (Å²) in [5.41, 5.74) is 7.01. The maximum atomic E-state index is 13.2. The lowest BCUT2D eigenvalue weighted by molar-refractivity contribution is 0.103. The minimum Gasteiger partial charge on any atom is -0.352 e. The zero-order valence-corrected chi connectivity index (χ0v) is 20.2. The van der Waals surface area contributed by atoms with Crippen molar-refractivity contribution in [1.82, 2.24) is 0 Å². The van der Waals surface area contributed by atoms with Crippen LogP contribution in [0, 0.1) is 34.6 Å². The second-order valence-electron chi connectivity index (χ2n) is 8.55. The average Bonchev–Trinajstić information content (AvgIpc) is 2.73. The van der Waals surface area contributed by atoms with Crippen molar-refractivity contribution in [3.63, 3.8) is 0 Å². The Morgan fingerprint density at radius 2 is 1.36 bits per heavy atom. The summed E-state index contributed by atoms with van der Waals surface area (Å²) in [4.78, 5) is 13.4. The van der Waals surface area contributed by atoms with E-state index in [0.29, 0.717) is 22.4 Å². The van der Waals surface area contributed by atoms with Gasteiger partial charge in [0.05, 0.1) is 16.3 Å². The number of benzene rings is 3. The second kappa shape index (κ2) is 8.45. The third-order valence-electron chi connectivity index (χ3n) is 5.74. The smallest absolute Gasteiger partial charge is 0.283 e. The quantitative estimate of drug-likeness (QED) is 0.552. The van der Waals surface area contributed by atoms with Crippen LogP contribution in [0.4, 0.5) is 5.69 Å². The number of sulfonamides is 1. The largest absolute Gasteiger partial charge is 0.352 e. The number of carbonyl (C=O) groups is 1. The van der Waals surface area contributed by atoms with E-state index in [0.717, 1.165) is 27.9 Å². The molecule has 0 atom stereocenters. The molecule has 3 aromatic carbocycles. The van der Waals surface area contributed by atoms with Crippen LogP contribution in [0.15, 0.2) is 75.7 Å². The molecule has 0 unspecified atom stereocenters. The number of ketones is 1. The molecule has 6 heteroatoms. The summed E-state index contributed by atoms with van der Waals surface area (Å²) in [6, 6.07) is 16.2. The van der Waals surface area contributed by atoms with Crippen molar-refractivity contribution in [2.24, 2.45) is 4.40 Å². The molecule has 5 nitrogen and oxygen atoms in total. The number of hydrogen-bond acceptors (Lipinski definition) is 4. The van der Waals surface area contributed by atoms with E-state index in [9.17, 15) is 13.2 Å². The predicted molar refractivity (Wildman–Crippen MR) is 133 cm³/mol. The number of aryl methyl sites for hydroxylation is 5. The summed E-state index contributed by atoms with van der Waals surface area (Å²) in [5.74, 6) is -0.201. The van der Waals surface area contributed by atoms with Gasteiger partial charge in [-0.1, -0.05) is 59.7 Å². The second-order valence-corrected chi connectivity index (χ2v) is 10.1. The number of fused-ring (bicyclic) bond motifs is 1. The van der Waals surface area contributed by atoms with Crippen LogP contribution in [0.2, 0.25) is 0 Å². The van der Waals surface area contributed by atoms with Crippen LogP contribution >= 0.6 is 0 Å². The maximum Gasteiger partial charge on any atom is 0.283 e. The topological polar surface area (TPSA) is 75.6 Å². The molecule has 1 aliphatic carbocycles. The molecule has 1 N–H and O–H groups in total. The molecule has 0 saturated heterocycles. The van der Waals surface area contributed by atoms with E-state index in [2.05, 4.69) is 9.71 Å². The van der Waals surface area contributed by atoms with Crippen LogP contribution in [0.1, 0.15) is 43.7 Å². The first kappa shape index (κ1) is 22.7. The minimum atomic E-state index is -3.98. The molecule has 3 aromatic rings. The molecule has 0 amide bonds. The summed E-state index contributed by atoms with van der Waals surface area (Å²) in [7, 11) is -3.98. The number of allylic oxidation sites excluding steroid dienone is 2. The molecule has 0 fully saturated rings. The van der Waals surface area contributed by atoms with Crippen molar-refractivity contribution in [3.05, 3.63) is 105 Å². The van der Waals surface area contributed by atoms with E-state index >= 15 is 0 Å². The van der Waals surface area contributed by atoms with Gasteiger partial charge in [0.15, 0.2) is 0 Å². The molecule has 168 valence electrons. The molecule has 0 saturated carbocycles. The van der Waals surface area contributed by atoms with Gasteiger partial charge in [0.1, 0.15) is 0 Å². The van der Waals surface area contributed by atoms with Crippen molar-refractivity contribution < 1.29 is 13.2 Å². The molecule has 0 aliphatic heterocycles. The van der Waals surface area contributed by atoms with Crippen molar-refractivity contribution in [2.45, 2.75) is 39.5 Å². The fourth-order valence-electron chi connectivity index (χ4n) is 4.28. The highest BCUT2D eigenvalue weighted by Gasteiger charge is 2.27. The Balaban J connectivity index is 1.86. The Hall–Kier alpha value is -3.51. The summed E-state index contributed by atoms with van der Waals surface area (Å²) >= 11 is 0. The third kappa shape index (κ3) is 4.39. The van der Waals surface area contributed by atoms with Gasteiger partial charge in [0.25, 0.3) is 10.0 Å². The lowest BCUT2D eigenvalue weighted by atomic mass is 9.92. The Morgan fingerprint density at radius 1 is 0.758 bits per heavy atom. The highest BCUT2D eigenvalue weighted by Crippen LogP contribution is 2.29. The van der Waals surface area contributed by atoms with Crippen LogP contribution in [0.5, 0.6) is 0 Å². The summed E-state index contributed by atoms with van der Waals surface area (Å²) in [6.45, 7) is 9.64. The molecular weight excluding hydrogens is 432 g/mol. The van der Waals surface area contributed by atoms with Crippen molar-refractivity contribution >= 4 is 27.2 Å². The average molecular weight is 459 g/mol. The SMILES string of the molecule is Cc1ccc(S(=O)(=O)/N=C2\C=C(Nc3c(C)cc(C)cc3C)C(=O)c3ccccc32)c(C)c1. The number of rotatable bonds is 4. The van der Waals surface area contributed by atoms with Gasteiger partial charge in [-0.25, -0.2) is 0 Å². The van der Waals surface area contributed by atoms with Crippen molar-refractivity contribution in [2.75, 3.05) is 5.32 Å². The van der Waals surface area contributed by atoms with E-state index in [1.165, 1.54) is 6.08 Å². The molecule has 0 heterocycles. The highest BCUT2D eigenvalue weighted by atomic mass is 32.2. The number of anilines is 1. The molecule has 0 spiro atoms. The summed E-state index contributed by atoms with van der Waals surface area (Å²) in [5, 5.41) is 3.25. The maximum absolute atomic E-state index is 13.2. The van der Waals surface area contributed by atoms with E-state index in [1.54, 1.807) is 43.3 Å². The third-order valence-corrected chi connectivity index (χ3v) is 7.19. The van der Waals surface area contributed by atoms with Crippen LogP contribution in [0.3, 0.4) is 0 Å². The number of Topliss-reactive ketones (excluding diaryl/α,β-unsaturated/α-hetero) is 1. The molecule has 0 radical (unpaired) electrons. The Labute approximate surface area is 195 Å². The van der Waals surface area contributed by atoms with Gasteiger partial charge in [-0.05, 0) is 63.5 Å². The standard InChI is InChI=1S/C27H26N2O3S/c1-16-10-11-25(18(3)12-16)33(31,32)29-23-15-24(27(30)22-9-7-6-8-21(22)23)28-26-19(4)13-17(2)14-20(26)5/h6-15,28H,1-5H3/b29-23+. The summed E-state index contributed by atoms with van der Waals surface area (Å²) in [6.07, 6.45) is 1.53. The van der Waals surface area contributed by atoms with Crippen molar-refractivity contribution in [1.29, 1.82) is 0 Å². The first-order valence-corrected chi connectivity index (χ1v) is 12.1. The Bertz CT molecular complexity index is 1440. The normalized spacial score (nSPS) is 14.8. The zero-order valence-electron chi connectivity index (χ0n) is 19.4. The van der Waals surface area contributed by atoms with Crippen LogP contribution in [0.25, 0.3) is 0 Å². The first-order chi connectivity index (χ1) is 15.6. The number of carbonyl (C=O) groups excluding carboxylic acids is 1. The predicted octanol–water partition coefficient (Wildman–Crippen LogP) is 5.60. The van der Waals surface area contributed by atoms with Gasteiger partial charge in [0, 0.05) is 16.8 Å². The van der Waals surface area contributed by atoms with E-state index in [1.807, 2.05) is 45.9 Å². The van der Waals surface area contributed by atoms with Crippen LogP contribution < -0.4 is 5.32 Å². The minimum absolute atomic E-state index is 0.156. The zero-order chi connectivity index (χ0) is 23.9. The van der Waals surface area contributed by atoms with E-state index in [4.69, 9.17) is 0 Å². The van der Waals surface area contributed by atoms with Crippen LogP contribution in [-0.2, 0) is 10.0 Å². The van der Waals surface area contributed by atoms with E-state index < -0.39 is 10.0 Å². The lowest BCUT2D eigenvalue weighted by Crippen LogP contribution is -2.23. The molecule has 33 heavy (non-hydrogen) atoms. The molecule has 0 bridgehead atoms. The van der Waals surface area contributed by atoms with Gasteiger partial charge in [0.2, 0.25) is 5.78 Å². The molecule has 1 aliphatic rings.